The van der Waals surface area contributed by atoms with Gasteiger partial charge in [-0.15, -0.1) is 0 Å². The maximum atomic E-state index is 12.4. The zero-order valence-corrected chi connectivity index (χ0v) is 15.0. The second kappa shape index (κ2) is 7.16. The first-order valence-electron chi connectivity index (χ1n) is 7.99. The van der Waals surface area contributed by atoms with Gasteiger partial charge in [0.25, 0.3) is 0 Å². The van der Waals surface area contributed by atoms with Gasteiger partial charge in [-0.2, -0.15) is 5.10 Å². The fourth-order valence-corrected chi connectivity index (χ4v) is 3.86. The van der Waals surface area contributed by atoms with Crippen molar-refractivity contribution in [1.29, 1.82) is 0 Å². The van der Waals surface area contributed by atoms with Crippen LogP contribution in [0.5, 0.6) is 0 Å². The molecule has 0 fully saturated rings. The summed E-state index contributed by atoms with van der Waals surface area (Å²) in [7, 11) is -3.54. The molecule has 0 aliphatic carbocycles. The molecular weight excluding hydrogens is 336 g/mol. The molecule has 0 saturated carbocycles. The molecule has 3 rings (SSSR count). The smallest absolute Gasteiger partial charge is 0.240 e. The van der Waals surface area contributed by atoms with Crippen molar-refractivity contribution in [2.75, 3.05) is 6.54 Å². The normalized spacial score (nSPS) is 11.6. The number of aryl methyl sites for hydroxylation is 2. The summed E-state index contributed by atoms with van der Waals surface area (Å²) in [6.07, 6.45) is 0.434. The summed E-state index contributed by atoms with van der Waals surface area (Å²) >= 11 is 0. The van der Waals surface area contributed by atoms with Crippen LogP contribution in [0.4, 0.5) is 0 Å². The number of nitrogens with one attached hydrogen (secondary N) is 2. The Morgan fingerprint density at radius 2 is 1.84 bits per heavy atom. The van der Waals surface area contributed by atoms with Gasteiger partial charge in [-0.1, -0.05) is 48.0 Å². The van der Waals surface area contributed by atoms with E-state index in [0.717, 1.165) is 16.7 Å². The quantitative estimate of drug-likeness (QED) is 0.711. The highest BCUT2D eigenvalue weighted by molar-refractivity contribution is 7.89. The van der Waals surface area contributed by atoms with Crippen molar-refractivity contribution < 1.29 is 8.42 Å². The zero-order chi connectivity index (χ0) is 17.9. The van der Waals surface area contributed by atoms with Crippen LogP contribution in [-0.4, -0.2) is 30.1 Å². The van der Waals surface area contributed by atoms with E-state index in [-0.39, 0.29) is 6.54 Å². The van der Waals surface area contributed by atoms with Crippen LogP contribution in [0, 0.1) is 13.8 Å². The van der Waals surface area contributed by atoms with Crippen LogP contribution in [0.25, 0.3) is 11.4 Å². The average molecular weight is 356 g/mol. The van der Waals surface area contributed by atoms with Crippen LogP contribution < -0.4 is 4.72 Å². The molecular formula is C18H20N4O2S. The van der Waals surface area contributed by atoms with Crippen molar-refractivity contribution in [2.24, 2.45) is 0 Å². The van der Waals surface area contributed by atoms with Gasteiger partial charge in [-0.25, -0.2) is 18.1 Å². The predicted molar refractivity (Wildman–Crippen MR) is 96.6 cm³/mol. The molecule has 0 amide bonds. The average Bonchev–Trinajstić information content (AvgIpc) is 3.04. The molecule has 1 aromatic heterocycles. The molecule has 0 unspecified atom stereocenters. The second-order valence-corrected chi connectivity index (χ2v) is 7.62. The third kappa shape index (κ3) is 4.12. The number of H-pyrrole nitrogens is 1. The van der Waals surface area contributed by atoms with E-state index in [9.17, 15) is 8.42 Å². The van der Waals surface area contributed by atoms with Gasteiger partial charge < -0.3 is 0 Å². The molecule has 0 radical (unpaired) electrons. The van der Waals surface area contributed by atoms with E-state index in [0.29, 0.717) is 23.0 Å². The highest BCUT2D eigenvalue weighted by atomic mass is 32.2. The Balaban J connectivity index is 1.64. The molecule has 7 heteroatoms. The third-order valence-electron chi connectivity index (χ3n) is 3.84. The lowest BCUT2D eigenvalue weighted by Gasteiger charge is -2.09. The van der Waals surface area contributed by atoms with Crippen molar-refractivity contribution in [2.45, 2.75) is 25.2 Å². The molecule has 0 atom stereocenters. The van der Waals surface area contributed by atoms with Crippen molar-refractivity contribution in [1.82, 2.24) is 19.9 Å². The summed E-state index contributed by atoms with van der Waals surface area (Å²) < 4.78 is 27.5. The fraction of sp³-hybridized carbons (Fsp3) is 0.222. The highest BCUT2D eigenvalue weighted by Gasteiger charge is 2.16. The first-order chi connectivity index (χ1) is 12.0. The van der Waals surface area contributed by atoms with Gasteiger partial charge in [-0.3, -0.25) is 5.10 Å². The number of rotatable bonds is 6. The minimum Gasteiger partial charge on any atom is -0.263 e. The van der Waals surface area contributed by atoms with Gasteiger partial charge >= 0.3 is 0 Å². The minimum absolute atomic E-state index is 0.249. The van der Waals surface area contributed by atoms with Gasteiger partial charge in [0.2, 0.25) is 10.0 Å². The first kappa shape index (κ1) is 17.3. The summed E-state index contributed by atoms with van der Waals surface area (Å²) in [6.45, 7) is 3.98. The summed E-state index contributed by atoms with van der Waals surface area (Å²) in [5, 5.41) is 7.02. The molecule has 0 spiro atoms. The van der Waals surface area contributed by atoms with Gasteiger partial charge in [0.05, 0.1) is 4.90 Å². The van der Waals surface area contributed by atoms with Crippen molar-refractivity contribution >= 4 is 10.0 Å². The molecule has 2 N–H and O–H groups in total. The monoisotopic (exact) mass is 356 g/mol. The van der Waals surface area contributed by atoms with Crippen LogP contribution in [0.2, 0.25) is 0 Å². The van der Waals surface area contributed by atoms with E-state index in [4.69, 9.17) is 0 Å². The highest BCUT2D eigenvalue weighted by Crippen LogP contribution is 2.16. The number of aromatic nitrogens is 3. The number of sulfonamides is 1. The second-order valence-electron chi connectivity index (χ2n) is 5.89. The summed E-state index contributed by atoms with van der Waals surface area (Å²) in [5.74, 6) is 1.25. The van der Waals surface area contributed by atoms with Crippen LogP contribution in [0.3, 0.4) is 0 Å². The van der Waals surface area contributed by atoms with E-state index in [1.165, 1.54) is 0 Å². The number of nitrogens with zero attached hydrogens (tertiary/aromatic N) is 2. The zero-order valence-electron chi connectivity index (χ0n) is 14.2. The molecule has 6 nitrogen and oxygen atoms in total. The summed E-state index contributed by atoms with van der Waals surface area (Å²) in [4.78, 5) is 4.71. The molecule has 0 saturated heterocycles. The SMILES string of the molecule is Cc1ccc(S(=O)(=O)NCCc2nc(-c3ccccc3)n[nH]2)c(C)c1. The Morgan fingerprint density at radius 3 is 2.56 bits per heavy atom. The van der Waals surface area contributed by atoms with E-state index in [1.807, 2.05) is 43.3 Å². The number of hydrogen-bond donors (Lipinski definition) is 2. The van der Waals surface area contributed by atoms with Gasteiger partial charge in [0.15, 0.2) is 5.82 Å². The number of hydrogen-bond acceptors (Lipinski definition) is 4. The van der Waals surface area contributed by atoms with Gasteiger partial charge in [-0.05, 0) is 25.5 Å². The summed E-state index contributed by atoms with van der Waals surface area (Å²) in [6, 6.07) is 14.9. The minimum atomic E-state index is -3.54. The molecule has 130 valence electrons. The maximum absolute atomic E-state index is 12.4. The van der Waals surface area contributed by atoms with Crippen LogP contribution in [0.1, 0.15) is 17.0 Å². The standard InChI is InChI=1S/C18H20N4O2S/c1-13-8-9-16(14(2)12-13)25(23,24)19-11-10-17-20-18(22-21-17)15-6-4-3-5-7-15/h3-9,12,19H,10-11H2,1-2H3,(H,20,21,22). The van der Waals surface area contributed by atoms with Crippen LogP contribution in [0.15, 0.2) is 53.4 Å². The topological polar surface area (TPSA) is 87.7 Å². The fourth-order valence-electron chi connectivity index (χ4n) is 2.61. The number of aromatic amines is 1. The Morgan fingerprint density at radius 1 is 1.08 bits per heavy atom. The Labute approximate surface area is 147 Å². The maximum Gasteiger partial charge on any atom is 0.240 e. The van der Waals surface area contributed by atoms with E-state index in [1.54, 1.807) is 19.1 Å². The van der Waals surface area contributed by atoms with E-state index < -0.39 is 10.0 Å². The Kier molecular flexibility index (Phi) is 4.96. The summed E-state index contributed by atoms with van der Waals surface area (Å²) in [5.41, 5.74) is 2.69. The van der Waals surface area contributed by atoms with Crippen molar-refractivity contribution in [3.8, 4) is 11.4 Å². The third-order valence-corrected chi connectivity index (χ3v) is 5.46. The molecule has 25 heavy (non-hydrogen) atoms. The van der Waals surface area contributed by atoms with Gasteiger partial charge in [0.1, 0.15) is 5.82 Å². The molecule has 1 heterocycles. The van der Waals surface area contributed by atoms with Crippen molar-refractivity contribution in [3.63, 3.8) is 0 Å². The Bertz CT molecular complexity index is 966. The van der Waals surface area contributed by atoms with Crippen molar-refractivity contribution in [3.05, 3.63) is 65.5 Å². The molecule has 0 aliphatic rings. The Hall–Kier alpha value is -2.51. The van der Waals surface area contributed by atoms with Crippen LogP contribution in [-0.2, 0) is 16.4 Å². The lowest BCUT2D eigenvalue weighted by atomic mass is 10.2. The largest absolute Gasteiger partial charge is 0.263 e. The molecule has 3 aromatic rings. The molecule has 0 bridgehead atoms. The lowest BCUT2D eigenvalue weighted by molar-refractivity contribution is 0.580. The van der Waals surface area contributed by atoms with E-state index >= 15 is 0 Å². The van der Waals surface area contributed by atoms with E-state index in [2.05, 4.69) is 19.9 Å². The number of benzene rings is 2. The lowest BCUT2D eigenvalue weighted by Crippen LogP contribution is -2.26. The van der Waals surface area contributed by atoms with Crippen LogP contribution >= 0.6 is 0 Å². The van der Waals surface area contributed by atoms with Gasteiger partial charge in [0, 0.05) is 18.5 Å². The molecule has 0 aliphatic heterocycles. The predicted octanol–water partition coefficient (Wildman–Crippen LogP) is 2.61. The first-order valence-corrected chi connectivity index (χ1v) is 9.47. The molecule has 2 aromatic carbocycles.